The summed E-state index contributed by atoms with van der Waals surface area (Å²) in [6.45, 7) is 13.7. The number of hydrogen-bond acceptors (Lipinski definition) is 4. The van der Waals surface area contributed by atoms with E-state index >= 15 is 0 Å². The van der Waals surface area contributed by atoms with Crippen molar-refractivity contribution < 1.29 is 18.8 Å². The first-order valence-corrected chi connectivity index (χ1v) is 9.56. The Hall–Kier alpha value is -1.53. The number of rotatable bonds is 4. The quantitative estimate of drug-likeness (QED) is 0.776. The molecular weight excluding hydrogens is 329 g/mol. The third kappa shape index (κ3) is 3.62. The van der Waals surface area contributed by atoms with E-state index in [0.717, 1.165) is 31.4 Å². The van der Waals surface area contributed by atoms with Crippen LogP contribution in [0.25, 0.3) is 0 Å². The third-order valence-electron chi connectivity index (χ3n) is 5.52. The summed E-state index contributed by atoms with van der Waals surface area (Å²) in [5.74, 6) is 0.722. The smallest absolute Gasteiger partial charge is 0.491 e. The second kappa shape index (κ2) is 6.89. The number of carbonyl (C=O) groups excluding carboxylic acids is 1. The minimum Gasteiger partial charge on any atom is -0.491 e. The second-order valence-electron chi connectivity index (χ2n) is 8.51. The van der Waals surface area contributed by atoms with Gasteiger partial charge in [0.15, 0.2) is 0 Å². The molecular formula is C20H30BNO4. The second-order valence-corrected chi connectivity index (χ2v) is 8.51. The van der Waals surface area contributed by atoms with Gasteiger partial charge in [-0.25, -0.2) is 0 Å². The lowest BCUT2D eigenvalue weighted by Crippen LogP contribution is -2.41. The van der Waals surface area contributed by atoms with E-state index in [4.69, 9.17) is 14.0 Å². The Bertz CT molecular complexity index is 664. The van der Waals surface area contributed by atoms with Crippen LogP contribution in [0.15, 0.2) is 18.2 Å². The van der Waals surface area contributed by atoms with Gasteiger partial charge in [-0.15, -0.1) is 0 Å². The van der Waals surface area contributed by atoms with Crippen molar-refractivity contribution in [3.63, 3.8) is 0 Å². The molecule has 3 rings (SSSR count). The molecule has 26 heavy (non-hydrogen) atoms. The van der Waals surface area contributed by atoms with Crippen molar-refractivity contribution in [1.82, 2.24) is 4.90 Å². The highest BCUT2D eigenvalue weighted by molar-refractivity contribution is 6.63. The summed E-state index contributed by atoms with van der Waals surface area (Å²) in [5.41, 5.74) is 0.645. The van der Waals surface area contributed by atoms with Gasteiger partial charge in [-0.05, 0) is 66.5 Å². The summed E-state index contributed by atoms with van der Waals surface area (Å²) < 4.78 is 18.4. The zero-order valence-corrected chi connectivity index (χ0v) is 16.8. The maximum atomic E-state index is 12.7. The van der Waals surface area contributed by atoms with Gasteiger partial charge in [0.2, 0.25) is 0 Å². The Morgan fingerprint density at radius 3 is 2.23 bits per heavy atom. The fraction of sp³-hybridized carbons (Fsp3) is 0.650. The van der Waals surface area contributed by atoms with Gasteiger partial charge in [-0.2, -0.15) is 0 Å². The minimum atomic E-state index is -0.510. The molecule has 1 amide bonds. The summed E-state index contributed by atoms with van der Waals surface area (Å²) in [6.07, 6.45) is 2.15. The molecule has 0 spiro atoms. The molecule has 2 fully saturated rings. The molecule has 2 aliphatic rings. The molecule has 0 aromatic heterocycles. The Morgan fingerprint density at radius 1 is 1.12 bits per heavy atom. The lowest BCUT2D eigenvalue weighted by atomic mass is 9.78. The number of ether oxygens (including phenoxy) is 1. The topological polar surface area (TPSA) is 48.0 Å². The number of hydrogen-bond donors (Lipinski definition) is 0. The highest BCUT2D eigenvalue weighted by Gasteiger charge is 2.52. The van der Waals surface area contributed by atoms with Gasteiger partial charge in [0, 0.05) is 24.1 Å². The lowest BCUT2D eigenvalue weighted by molar-refractivity contribution is 0.00578. The van der Waals surface area contributed by atoms with Crippen molar-refractivity contribution in [2.75, 3.05) is 13.1 Å². The maximum Gasteiger partial charge on any atom is 0.498 e. The summed E-state index contributed by atoms with van der Waals surface area (Å²) >= 11 is 0. The largest absolute Gasteiger partial charge is 0.498 e. The van der Waals surface area contributed by atoms with Gasteiger partial charge in [-0.1, -0.05) is 6.07 Å². The number of carbonyl (C=O) groups is 1. The van der Waals surface area contributed by atoms with Crippen LogP contribution in [0.5, 0.6) is 5.75 Å². The first-order chi connectivity index (χ1) is 12.1. The van der Waals surface area contributed by atoms with Crippen LogP contribution in [-0.4, -0.2) is 48.3 Å². The number of nitrogens with zero attached hydrogens (tertiary/aromatic N) is 1. The van der Waals surface area contributed by atoms with Crippen LogP contribution in [0.1, 0.15) is 64.7 Å². The van der Waals surface area contributed by atoms with Gasteiger partial charge < -0.3 is 18.9 Å². The number of benzene rings is 1. The summed E-state index contributed by atoms with van der Waals surface area (Å²) in [6, 6.07) is 5.60. The molecule has 0 atom stereocenters. The molecule has 0 aliphatic carbocycles. The fourth-order valence-electron chi connectivity index (χ4n) is 3.29. The van der Waals surface area contributed by atoms with Gasteiger partial charge in [0.1, 0.15) is 5.75 Å². The average molecular weight is 359 g/mol. The van der Waals surface area contributed by atoms with E-state index in [1.807, 2.05) is 64.6 Å². The van der Waals surface area contributed by atoms with Crippen molar-refractivity contribution in [3.05, 3.63) is 23.8 Å². The number of likely N-dealkylation sites (tertiary alicyclic amines) is 1. The summed E-state index contributed by atoms with van der Waals surface area (Å²) in [7, 11) is -0.510. The van der Waals surface area contributed by atoms with Crippen LogP contribution in [0, 0.1) is 0 Å². The molecule has 142 valence electrons. The first-order valence-electron chi connectivity index (χ1n) is 9.56. The molecule has 0 N–H and O–H groups in total. The van der Waals surface area contributed by atoms with E-state index in [-0.39, 0.29) is 12.0 Å². The molecule has 2 heterocycles. The van der Waals surface area contributed by atoms with Gasteiger partial charge in [0.05, 0.1) is 17.3 Å². The minimum absolute atomic E-state index is 0.00619. The van der Waals surface area contributed by atoms with Crippen LogP contribution in [0.2, 0.25) is 0 Å². The van der Waals surface area contributed by atoms with E-state index in [0.29, 0.717) is 11.3 Å². The lowest BCUT2D eigenvalue weighted by Gasteiger charge is -2.32. The van der Waals surface area contributed by atoms with E-state index in [9.17, 15) is 4.79 Å². The van der Waals surface area contributed by atoms with Crippen LogP contribution in [-0.2, 0) is 9.31 Å². The Kier molecular flexibility index (Phi) is 5.10. The highest BCUT2D eigenvalue weighted by atomic mass is 16.7. The molecule has 0 bridgehead atoms. The normalized spacial score (nSPS) is 21.5. The van der Waals surface area contributed by atoms with E-state index in [1.165, 1.54) is 0 Å². The van der Waals surface area contributed by atoms with Crippen molar-refractivity contribution in [3.8, 4) is 5.75 Å². The third-order valence-corrected chi connectivity index (χ3v) is 5.52. The molecule has 5 nitrogen and oxygen atoms in total. The average Bonchev–Trinajstić information content (AvgIpc) is 3.13. The molecule has 1 aromatic carbocycles. The molecule has 1 aromatic rings. The van der Waals surface area contributed by atoms with Crippen LogP contribution in [0.4, 0.5) is 0 Å². The first kappa shape index (κ1) is 19.2. The Balaban J connectivity index is 1.91. The van der Waals surface area contributed by atoms with Crippen molar-refractivity contribution in [2.24, 2.45) is 0 Å². The van der Waals surface area contributed by atoms with E-state index in [2.05, 4.69) is 0 Å². The fourth-order valence-corrected chi connectivity index (χ4v) is 3.29. The van der Waals surface area contributed by atoms with Crippen molar-refractivity contribution >= 4 is 18.5 Å². The zero-order chi connectivity index (χ0) is 19.1. The predicted molar refractivity (Wildman–Crippen MR) is 103 cm³/mol. The highest BCUT2D eigenvalue weighted by Crippen LogP contribution is 2.37. The van der Waals surface area contributed by atoms with Crippen LogP contribution >= 0.6 is 0 Å². The zero-order valence-electron chi connectivity index (χ0n) is 16.8. The molecule has 2 aliphatic heterocycles. The SMILES string of the molecule is CC(C)Oc1cc(C(=O)N2CCCC2)ccc1B1OC(C)(C)C(C)(C)O1. The molecule has 6 heteroatoms. The van der Waals surface area contributed by atoms with Crippen molar-refractivity contribution in [1.29, 1.82) is 0 Å². The molecule has 0 saturated carbocycles. The molecule has 0 unspecified atom stereocenters. The predicted octanol–water partition coefficient (Wildman–Crippen LogP) is 3.01. The maximum absolute atomic E-state index is 12.7. The van der Waals surface area contributed by atoms with Gasteiger partial charge in [0.25, 0.3) is 5.91 Å². The summed E-state index contributed by atoms with van der Waals surface area (Å²) in [5, 5.41) is 0. The standard InChI is InChI=1S/C20H30BNO4/c1-14(2)24-17-13-15(18(23)22-11-7-8-12-22)9-10-16(17)21-25-19(3,4)20(5,6)26-21/h9-10,13-14H,7-8,11-12H2,1-6H3. The summed E-state index contributed by atoms with van der Waals surface area (Å²) in [4.78, 5) is 14.6. The molecule has 0 radical (unpaired) electrons. The Labute approximate surface area is 157 Å². The Morgan fingerprint density at radius 2 is 1.69 bits per heavy atom. The van der Waals surface area contributed by atoms with Crippen LogP contribution < -0.4 is 10.2 Å². The van der Waals surface area contributed by atoms with Gasteiger partial charge in [-0.3, -0.25) is 4.79 Å². The number of amides is 1. The molecule has 2 saturated heterocycles. The van der Waals surface area contributed by atoms with Crippen LogP contribution in [0.3, 0.4) is 0 Å². The van der Waals surface area contributed by atoms with E-state index < -0.39 is 18.3 Å². The van der Waals surface area contributed by atoms with Crippen molar-refractivity contribution in [2.45, 2.75) is 71.7 Å². The van der Waals surface area contributed by atoms with E-state index in [1.54, 1.807) is 0 Å². The van der Waals surface area contributed by atoms with Gasteiger partial charge >= 0.3 is 7.12 Å². The monoisotopic (exact) mass is 359 g/mol.